The van der Waals surface area contributed by atoms with Crippen LogP contribution < -0.4 is 16.4 Å². The van der Waals surface area contributed by atoms with Crippen LogP contribution in [0.15, 0.2) is 72.8 Å². The number of hydrogen-bond donors (Lipinski definition) is 3. The first kappa shape index (κ1) is 35.5. The minimum atomic E-state index is -1.63. The summed E-state index contributed by atoms with van der Waals surface area (Å²) in [5.41, 5.74) is 5.48. The average Bonchev–Trinajstić information content (AvgIpc) is 3.34. The summed E-state index contributed by atoms with van der Waals surface area (Å²) in [5.74, 6) is -2.45. The van der Waals surface area contributed by atoms with E-state index in [1.807, 2.05) is 51.1 Å². The van der Waals surface area contributed by atoms with E-state index in [0.717, 1.165) is 36.6 Å². The summed E-state index contributed by atoms with van der Waals surface area (Å²) in [5, 5.41) is 6.07. The molecule has 1 unspecified atom stereocenters. The fourth-order valence-electron chi connectivity index (χ4n) is 6.40. The number of nitrogens with two attached hydrogens (primary N) is 1. The van der Waals surface area contributed by atoms with Crippen LogP contribution in [0.5, 0.6) is 0 Å². The maximum absolute atomic E-state index is 14.6. The van der Waals surface area contributed by atoms with Crippen molar-refractivity contribution >= 4 is 17.9 Å². The van der Waals surface area contributed by atoms with Gasteiger partial charge in [0.25, 0.3) is 11.8 Å². The minimum Gasteiger partial charge on any atom is -0.433 e. The van der Waals surface area contributed by atoms with Crippen molar-refractivity contribution in [1.29, 1.82) is 0 Å². The first-order valence-electron chi connectivity index (χ1n) is 16.2. The van der Waals surface area contributed by atoms with E-state index >= 15 is 0 Å². The summed E-state index contributed by atoms with van der Waals surface area (Å²) in [6.07, 6.45) is 1.52. The summed E-state index contributed by atoms with van der Waals surface area (Å²) in [4.78, 5) is 44.2. The van der Waals surface area contributed by atoms with E-state index in [1.165, 1.54) is 11.0 Å². The number of amides is 3. The number of likely N-dealkylation sites (tertiary alicyclic amines) is 1. The van der Waals surface area contributed by atoms with Gasteiger partial charge in [-0.1, -0.05) is 63.6 Å². The van der Waals surface area contributed by atoms with Gasteiger partial charge in [0, 0.05) is 43.4 Å². The van der Waals surface area contributed by atoms with Gasteiger partial charge < -0.3 is 20.7 Å². The Hall–Kier alpha value is -4.35. The standard InChI is InChI=1S/C36H45F2N5O4/c1-4-15-36(41-32(44)27-13-10-14-28(20-27)33(45)42(17-5-2)18-6-3)35(39,29-21-30(37)23-31(38)22-29)16-19-43(36)34(46)47-25-40-24-26-11-8-7-9-12-26/h7-14,20-23,40H,4-6,15-19,24-25,39H2,1-3H3,(H,41,44)/t35-,36?/m1/s1. The molecule has 1 heterocycles. The van der Waals surface area contributed by atoms with Gasteiger partial charge in [-0.25, -0.2) is 13.6 Å². The largest absolute Gasteiger partial charge is 0.433 e. The van der Waals surface area contributed by atoms with Gasteiger partial charge in [-0.3, -0.25) is 19.8 Å². The van der Waals surface area contributed by atoms with Gasteiger partial charge in [-0.05, 0) is 67.1 Å². The van der Waals surface area contributed by atoms with E-state index in [0.29, 0.717) is 31.6 Å². The lowest BCUT2D eigenvalue weighted by Gasteiger charge is -2.48. The van der Waals surface area contributed by atoms with Crippen LogP contribution in [0, 0.1) is 11.6 Å². The Bertz CT molecular complexity index is 1510. The van der Waals surface area contributed by atoms with Crippen molar-refractivity contribution in [2.24, 2.45) is 5.73 Å². The van der Waals surface area contributed by atoms with E-state index in [9.17, 15) is 23.2 Å². The topological polar surface area (TPSA) is 117 Å². The Morgan fingerprint density at radius 1 is 0.894 bits per heavy atom. The molecule has 1 saturated heterocycles. The molecule has 0 bridgehead atoms. The summed E-state index contributed by atoms with van der Waals surface area (Å²) in [6.45, 7) is 7.40. The molecule has 1 aliphatic rings. The number of ether oxygens (including phenoxy) is 1. The number of nitrogens with one attached hydrogen (secondary N) is 2. The third kappa shape index (κ3) is 7.97. The number of benzene rings is 3. The molecule has 3 aromatic rings. The van der Waals surface area contributed by atoms with Crippen LogP contribution in [0.1, 0.15) is 84.7 Å². The molecular formula is C36H45F2N5O4. The van der Waals surface area contributed by atoms with Gasteiger partial charge in [0.05, 0.1) is 5.54 Å². The maximum Gasteiger partial charge on any atom is 0.413 e. The van der Waals surface area contributed by atoms with Gasteiger partial charge in [-0.15, -0.1) is 0 Å². The van der Waals surface area contributed by atoms with Crippen LogP contribution in [0.3, 0.4) is 0 Å². The molecule has 4 N–H and O–H groups in total. The Morgan fingerprint density at radius 2 is 1.55 bits per heavy atom. The number of halogens is 2. The Balaban J connectivity index is 1.67. The monoisotopic (exact) mass is 649 g/mol. The lowest BCUT2D eigenvalue weighted by molar-refractivity contribution is 0.0184. The second kappa shape index (κ2) is 16.0. The first-order valence-corrected chi connectivity index (χ1v) is 16.2. The predicted molar refractivity (Wildman–Crippen MR) is 176 cm³/mol. The molecule has 2 atom stereocenters. The van der Waals surface area contributed by atoms with Crippen molar-refractivity contribution < 1.29 is 27.9 Å². The third-order valence-corrected chi connectivity index (χ3v) is 8.57. The zero-order valence-corrected chi connectivity index (χ0v) is 27.4. The third-order valence-electron chi connectivity index (χ3n) is 8.57. The van der Waals surface area contributed by atoms with Crippen LogP contribution in [0.25, 0.3) is 0 Å². The highest BCUT2D eigenvalue weighted by Crippen LogP contribution is 2.46. The van der Waals surface area contributed by atoms with Crippen molar-refractivity contribution in [3.8, 4) is 0 Å². The molecule has 0 saturated carbocycles. The van der Waals surface area contributed by atoms with E-state index in [-0.39, 0.29) is 43.2 Å². The number of hydrogen-bond acceptors (Lipinski definition) is 6. The van der Waals surface area contributed by atoms with Crippen LogP contribution in [0.4, 0.5) is 13.6 Å². The molecular weight excluding hydrogens is 604 g/mol. The maximum atomic E-state index is 14.6. The Morgan fingerprint density at radius 3 is 2.19 bits per heavy atom. The van der Waals surface area contributed by atoms with Gasteiger partial charge in [0.1, 0.15) is 24.0 Å². The smallest absolute Gasteiger partial charge is 0.413 e. The molecule has 47 heavy (non-hydrogen) atoms. The van der Waals surface area contributed by atoms with E-state index < -0.39 is 34.8 Å². The van der Waals surface area contributed by atoms with Crippen LogP contribution in [-0.4, -0.2) is 59.7 Å². The summed E-state index contributed by atoms with van der Waals surface area (Å²) in [7, 11) is 0. The van der Waals surface area contributed by atoms with E-state index in [1.54, 1.807) is 23.1 Å². The molecule has 0 radical (unpaired) electrons. The Kier molecular flexibility index (Phi) is 12.1. The molecule has 252 valence electrons. The second-order valence-electron chi connectivity index (χ2n) is 11.9. The zero-order chi connectivity index (χ0) is 34.0. The molecule has 1 aliphatic heterocycles. The Labute approximate surface area is 275 Å². The molecule has 3 aromatic carbocycles. The van der Waals surface area contributed by atoms with Crippen LogP contribution >= 0.6 is 0 Å². The van der Waals surface area contributed by atoms with Crippen molar-refractivity contribution in [1.82, 2.24) is 20.4 Å². The molecule has 11 heteroatoms. The average molecular weight is 650 g/mol. The van der Waals surface area contributed by atoms with Gasteiger partial charge in [0.15, 0.2) is 0 Å². The van der Waals surface area contributed by atoms with Crippen LogP contribution in [-0.2, 0) is 16.8 Å². The van der Waals surface area contributed by atoms with Crippen molar-refractivity contribution in [3.63, 3.8) is 0 Å². The molecule has 4 rings (SSSR count). The minimum absolute atomic E-state index is 0.0496. The van der Waals surface area contributed by atoms with E-state index in [2.05, 4.69) is 10.6 Å². The quantitative estimate of drug-likeness (QED) is 0.148. The normalized spacial score (nSPS) is 19.0. The lowest BCUT2D eigenvalue weighted by atomic mass is 9.76. The lowest BCUT2D eigenvalue weighted by Crippen LogP contribution is -2.70. The number of carbonyl (C=O) groups is 3. The predicted octanol–water partition coefficient (Wildman–Crippen LogP) is 5.90. The highest BCUT2D eigenvalue weighted by molar-refractivity contribution is 6.00. The summed E-state index contributed by atoms with van der Waals surface area (Å²) < 4.78 is 34.8. The van der Waals surface area contributed by atoms with E-state index in [4.69, 9.17) is 10.5 Å². The fraction of sp³-hybridized carbons (Fsp3) is 0.417. The SMILES string of the molecule is CCCN(CCC)C(=O)c1cccc(C(=O)NC2(CCC)N(C(=O)OCNCc3ccccc3)CC[C@@]2(N)c2cc(F)cc(F)c2)c1. The van der Waals surface area contributed by atoms with Crippen molar-refractivity contribution in [2.45, 2.75) is 70.6 Å². The van der Waals surface area contributed by atoms with Gasteiger partial charge in [-0.2, -0.15) is 0 Å². The molecule has 3 amide bonds. The summed E-state index contributed by atoms with van der Waals surface area (Å²) in [6, 6.07) is 19.0. The highest BCUT2D eigenvalue weighted by atomic mass is 19.1. The van der Waals surface area contributed by atoms with Crippen molar-refractivity contribution in [2.75, 3.05) is 26.4 Å². The highest BCUT2D eigenvalue weighted by Gasteiger charge is 2.61. The number of carbonyl (C=O) groups excluding carboxylic acids is 3. The zero-order valence-electron chi connectivity index (χ0n) is 27.4. The molecule has 0 spiro atoms. The molecule has 1 fully saturated rings. The summed E-state index contributed by atoms with van der Waals surface area (Å²) >= 11 is 0. The molecule has 0 aromatic heterocycles. The van der Waals surface area contributed by atoms with Gasteiger partial charge in [0.2, 0.25) is 0 Å². The fourth-order valence-corrected chi connectivity index (χ4v) is 6.40. The second-order valence-corrected chi connectivity index (χ2v) is 11.9. The van der Waals surface area contributed by atoms with Crippen LogP contribution in [0.2, 0.25) is 0 Å². The number of nitrogens with zero attached hydrogens (tertiary/aromatic N) is 2. The van der Waals surface area contributed by atoms with Crippen molar-refractivity contribution in [3.05, 3.63) is 107 Å². The molecule has 9 nitrogen and oxygen atoms in total. The molecule has 0 aliphatic carbocycles. The first-order chi connectivity index (χ1) is 22.6. The van der Waals surface area contributed by atoms with Gasteiger partial charge >= 0.3 is 6.09 Å². The number of rotatable bonds is 14.